The molecule has 28 heavy (non-hydrogen) atoms. The van der Waals surface area contributed by atoms with Gasteiger partial charge in [-0.15, -0.1) is 0 Å². The third kappa shape index (κ3) is 4.28. The number of rotatable bonds is 6. The molecule has 0 bridgehead atoms. The number of hydrogen-bond donors (Lipinski definition) is 0. The van der Waals surface area contributed by atoms with Gasteiger partial charge in [0.05, 0.1) is 10.9 Å². The number of benzene rings is 3. The summed E-state index contributed by atoms with van der Waals surface area (Å²) in [7, 11) is 0. The first-order valence-electron chi connectivity index (χ1n) is 9.37. The standard InChI is InChI=1S/C23H23ClO4/c1-4-14(2)23(26)27-13-21(25)28-15(3)16-9-10-18-11-17-7-5-6-8-19(17)22(24)20(18)12-16/h5-12,14-15H,4,13H2,1-3H3. The van der Waals surface area contributed by atoms with Crippen LogP contribution in [0.1, 0.15) is 38.9 Å². The van der Waals surface area contributed by atoms with Crippen molar-refractivity contribution in [2.45, 2.75) is 33.3 Å². The van der Waals surface area contributed by atoms with Gasteiger partial charge in [0.2, 0.25) is 0 Å². The van der Waals surface area contributed by atoms with Crippen LogP contribution in [0.2, 0.25) is 5.02 Å². The van der Waals surface area contributed by atoms with E-state index in [2.05, 4.69) is 6.07 Å². The van der Waals surface area contributed by atoms with Crippen molar-refractivity contribution in [2.24, 2.45) is 5.92 Å². The van der Waals surface area contributed by atoms with Gasteiger partial charge in [0.25, 0.3) is 0 Å². The third-order valence-electron chi connectivity index (χ3n) is 4.95. The molecule has 0 aliphatic rings. The molecule has 0 aliphatic heterocycles. The first-order chi connectivity index (χ1) is 13.4. The van der Waals surface area contributed by atoms with Gasteiger partial charge in [0.1, 0.15) is 6.10 Å². The fourth-order valence-corrected chi connectivity index (χ4v) is 3.35. The SMILES string of the molecule is CCC(C)C(=O)OCC(=O)OC(C)c1ccc2cc3ccccc3c(Cl)c2c1. The van der Waals surface area contributed by atoms with Gasteiger partial charge in [-0.2, -0.15) is 0 Å². The largest absolute Gasteiger partial charge is 0.455 e. The van der Waals surface area contributed by atoms with Gasteiger partial charge in [0, 0.05) is 10.8 Å². The van der Waals surface area contributed by atoms with Crippen molar-refractivity contribution in [3.63, 3.8) is 0 Å². The Hall–Kier alpha value is -2.59. The van der Waals surface area contributed by atoms with E-state index in [1.54, 1.807) is 13.8 Å². The van der Waals surface area contributed by atoms with Gasteiger partial charge in [-0.25, -0.2) is 4.79 Å². The highest BCUT2D eigenvalue weighted by molar-refractivity contribution is 6.40. The number of esters is 2. The Kier molecular flexibility index (Phi) is 6.20. The third-order valence-corrected chi connectivity index (χ3v) is 5.35. The van der Waals surface area contributed by atoms with Crippen molar-refractivity contribution in [1.82, 2.24) is 0 Å². The minimum Gasteiger partial charge on any atom is -0.455 e. The molecule has 3 rings (SSSR count). The molecule has 0 heterocycles. The Labute approximate surface area is 169 Å². The first-order valence-corrected chi connectivity index (χ1v) is 9.75. The minimum atomic E-state index is -0.575. The molecule has 0 aliphatic carbocycles. The van der Waals surface area contributed by atoms with Gasteiger partial charge in [-0.3, -0.25) is 4.79 Å². The van der Waals surface area contributed by atoms with E-state index >= 15 is 0 Å². The summed E-state index contributed by atoms with van der Waals surface area (Å²) >= 11 is 6.62. The molecule has 0 N–H and O–H groups in total. The van der Waals surface area contributed by atoms with E-state index in [9.17, 15) is 9.59 Å². The van der Waals surface area contributed by atoms with Crippen LogP contribution in [-0.2, 0) is 19.1 Å². The number of fused-ring (bicyclic) bond motifs is 2. The predicted octanol–water partition coefficient (Wildman–Crippen LogP) is 5.84. The highest BCUT2D eigenvalue weighted by atomic mass is 35.5. The zero-order valence-electron chi connectivity index (χ0n) is 16.2. The molecule has 5 heteroatoms. The van der Waals surface area contributed by atoms with E-state index < -0.39 is 18.0 Å². The fraction of sp³-hybridized carbons (Fsp3) is 0.304. The summed E-state index contributed by atoms with van der Waals surface area (Å²) in [4.78, 5) is 23.7. The Morgan fingerprint density at radius 1 is 1.00 bits per heavy atom. The molecule has 2 unspecified atom stereocenters. The topological polar surface area (TPSA) is 52.6 Å². The highest BCUT2D eigenvalue weighted by Crippen LogP contribution is 2.34. The second-order valence-electron chi connectivity index (χ2n) is 6.94. The highest BCUT2D eigenvalue weighted by Gasteiger charge is 2.17. The summed E-state index contributed by atoms with van der Waals surface area (Å²) in [5, 5.41) is 4.67. The van der Waals surface area contributed by atoms with E-state index in [1.165, 1.54) is 0 Å². The number of ether oxygens (including phenoxy) is 2. The zero-order chi connectivity index (χ0) is 20.3. The molecule has 3 aromatic rings. The quantitative estimate of drug-likeness (QED) is 0.386. The first kappa shape index (κ1) is 20.2. The number of carbonyl (C=O) groups excluding carboxylic acids is 2. The molecule has 0 saturated carbocycles. The van der Waals surface area contributed by atoms with Gasteiger partial charge in [0.15, 0.2) is 6.61 Å². The second kappa shape index (κ2) is 8.61. The Balaban J connectivity index is 1.75. The lowest BCUT2D eigenvalue weighted by Gasteiger charge is -2.16. The Morgan fingerprint density at radius 2 is 1.71 bits per heavy atom. The molecule has 4 nitrogen and oxygen atoms in total. The van der Waals surface area contributed by atoms with Crippen LogP contribution in [0.3, 0.4) is 0 Å². The summed E-state index contributed by atoms with van der Waals surface area (Å²) in [6.45, 7) is 5.05. The molecule has 2 atom stereocenters. The molecular formula is C23H23ClO4. The van der Waals surface area contributed by atoms with Crippen molar-refractivity contribution in [3.8, 4) is 0 Å². The number of halogens is 1. The van der Waals surface area contributed by atoms with E-state index in [-0.39, 0.29) is 12.5 Å². The van der Waals surface area contributed by atoms with Crippen LogP contribution in [0.4, 0.5) is 0 Å². The molecule has 0 radical (unpaired) electrons. The smallest absolute Gasteiger partial charge is 0.344 e. The molecular weight excluding hydrogens is 376 g/mol. The van der Waals surface area contributed by atoms with Crippen LogP contribution in [0.25, 0.3) is 21.5 Å². The van der Waals surface area contributed by atoms with Gasteiger partial charge < -0.3 is 9.47 Å². The predicted molar refractivity (Wildman–Crippen MR) is 111 cm³/mol. The van der Waals surface area contributed by atoms with Crippen LogP contribution in [-0.4, -0.2) is 18.5 Å². The van der Waals surface area contributed by atoms with Crippen LogP contribution < -0.4 is 0 Å². The fourth-order valence-electron chi connectivity index (χ4n) is 3.02. The van der Waals surface area contributed by atoms with Gasteiger partial charge in [-0.05, 0) is 41.8 Å². The van der Waals surface area contributed by atoms with E-state index in [4.69, 9.17) is 21.1 Å². The normalized spacial score (nSPS) is 13.3. The van der Waals surface area contributed by atoms with E-state index in [0.717, 1.165) is 27.1 Å². The summed E-state index contributed by atoms with van der Waals surface area (Å²) in [6.07, 6.45) is 0.179. The van der Waals surface area contributed by atoms with Crippen molar-refractivity contribution in [2.75, 3.05) is 6.61 Å². The number of carbonyl (C=O) groups is 2. The summed E-state index contributed by atoms with van der Waals surface area (Å²) in [5.41, 5.74) is 0.825. The summed E-state index contributed by atoms with van der Waals surface area (Å²) < 4.78 is 10.4. The van der Waals surface area contributed by atoms with Crippen molar-refractivity contribution >= 4 is 45.1 Å². The number of hydrogen-bond acceptors (Lipinski definition) is 4. The monoisotopic (exact) mass is 398 g/mol. The van der Waals surface area contributed by atoms with Crippen molar-refractivity contribution in [3.05, 3.63) is 59.1 Å². The molecule has 0 amide bonds. The van der Waals surface area contributed by atoms with Gasteiger partial charge >= 0.3 is 11.9 Å². The Bertz CT molecular complexity index is 1030. The molecule has 0 fully saturated rings. The van der Waals surface area contributed by atoms with E-state index in [0.29, 0.717) is 11.4 Å². The molecule has 3 aromatic carbocycles. The minimum absolute atomic E-state index is 0.234. The lowest BCUT2D eigenvalue weighted by atomic mass is 10.00. The van der Waals surface area contributed by atoms with Crippen LogP contribution >= 0.6 is 11.6 Å². The van der Waals surface area contributed by atoms with Crippen LogP contribution in [0.5, 0.6) is 0 Å². The second-order valence-corrected chi connectivity index (χ2v) is 7.32. The summed E-state index contributed by atoms with van der Waals surface area (Å²) in [5.74, 6) is -1.20. The van der Waals surface area contributed by atoms with Crippen LogP contribution in [0.15, 0.2) is 48.5 Å². The molecule has 0 spiro atoms. The molecule has 146 valence electrons. The maximum atomic E-state index is 12.0. The zero-order valence-corrected chi connectivity index (χ0v) is 17.0. The lowest BCUT2D eigenvalue weighted by Crippen LogP contribution is -2.21. The average Bonchev–Trinajstić information content (AvgIpc) is 2.71. The maximum Gasteiger partial charge on any atom is 0.344 e. The average molecular weight is 399 g/mol. The van der Waals surface area contributed by atoms with Gasteiger partial charge in [-0.1, -0.05) is 61.8 Å². The van der Waals surface area contributed by atoms with E-state index in [1.807, 2.05) is 49.4 Å². The molecule has 0 saturated heterocycles. The maximum absolute atomic E-state index is 12.0. The van der Waals surface area contributed by atoms with Crippen molar-refractivity contribution in [1.29, 1.82) is 0 Å². The molecule has 0 aromatic heterocycles. The Morgan fingerprint density at radius 3 is 2.46 bits per heavy atom. The van der Waals surface area contributed by atoms with Crippen molar-refractivity contribution < 1.29 is 19.1 Å². The lowest BCUT2D eigenvalue weighted by molar-refractivity contribution is -0.164. The summed E-state index contributed by atoms with van der Waals surface area (Å²) in [6, 6.07) is 15.9. The van der Waals surface area contributed by atoms with Crippen LogP contribution in [0, 0.1) is 5.92 Å².